The fraction of sp³-hybridized carbons (Fsp3) is 0.471. The first-order chi connectivity index (χ1) is 12.6. The van der Waals surface area contributed by atoms with E-state index in [9.17, 15) is 13.2 Å². The fourth-order valence-electron chi connectivity index (χ4n) is 3.54. The van der Waals surface area contributed by atoms with Crippen molar-refractivity contribution in [2.24, 2.45) is 0 Å². The van der Waals surface area contributed by atoms with Crippen LogP contribution in [0.3, 0.4) is 0 Å². The van der Waals surface area contributed by atoms with Crippen molar-refractivity contribution < 1.29 is 13.2 Å². The third-order valence-corrected chi connectivity index (χ3v) is 7.30. The zero-order valence-electron chi connectivity index (χ0n) is 14.3. The second-order valence-corrected chi connectivity index (χ2v) is 8.99. The number of nitrogens with zero attached hydrogens (tertiary/aromatic N) is 5. The highest BCUT2D eigenvalue weighted by atomic mass is 32.2. The summed E-state index contributed by atoms with van der Waals surface area (Å²) >= 11 is 0. The van der Waals surface area contributed by atoms with Crippen molar-refractivity contribution in [1.82, 2.24) is 24.0 Å². The average Bonchev–Trinajstić information content (AvgIpc) is 3.16. The molecule has 138 valence electrons. The van der Waals surface area contributed by atoms with Crippen LogP contribution in [-0.2, 0) is 10.0 Å². The van der Waals surface area contributed by atoms with Gasteiger partial charge >= 0.3 is 0 Å². The van der Waals surface area contributed by atoms with Gasteiger partial charge in [0, 0.05) is 31.7 Å². The number of rotatable bonds is 4. The number of carbonyl (C=O) groups excluding carboxylic acids is 1. The molecule has 1 aromatic carbocycles. The van der Waals surface area contributed by atoms with Gasteiger partial charge in [-0.15, -0.1) is 0 Å². The van der Waals surface area contributed by atoms with Crippen LogP contribution in [0.1, 0.15) is 29.2 Å². The van der Waals surface area contributed by atoms with E-state index in [0.29, 0.717) is 18.7 Å². The second kappa shape index (κ2) is 6.81. The summed E-state index contributed by atoms with van der Waals surface area (Å²) in [6, 6.07) is 8.97. The van der Waals surface area contributed by atoms with Gasteiger partial charge in [-0.05, 0) is 25.0 Å². The van der Waals surface area contributed by atoms with Crippen LogP contribution in [0.2, 0.25) is 0 Å². The maximum absolute atomic E-state index is 12.9. The lowest BCUT2D eigenvalue weighted by molar-refractivity contribution is 0.0653. The number of carbonyl (C=O) groups is 1. The SMILES string of the molecule is O=C(c1ccccc1)N1CC(S(=O)(=O)N2CCCC(n3cncn3)C2)C1. The molecule has 0 aliphatic carbocycles. The summed E-state index contributed by atoms with van der Waals surface area (Å²) in [6.07, 6.45) is 4.78. The number of sulfonamides is 1. The van der Waals surface area contributed by atoms with Crippen LogP contribution in [0.15, 0.2) is 43.0 Å². The Hall–Kier alpha value is -2.26. The molecule has 0 radical (unpaired) electrons. The average molecular weight is 375 g/mol. The van der Waals surface area contributed by atoms with E-state index in [1.807, 2.05) is 6.07 Å². The Bertz CT molecular complexity index is 863. The number of likely N-dealkylation sites (tertiary alicyclic amines) is 1. The number of hydrogen-bond donors (Lipinski definition) is 0. The minimum Gasteiger partial charge on any atom is -0.336 e. The first-order valence-corrected chi connectivity index (χ1v) is 10.2. The van der Waals surface area contributed by atoms with Gasteiger partial charge < -0.3 is 4.90 Å². The molecule has 1 amide bonds. The molecule has 9 heteroatoms. The van der Waals surface area contributed by atoms with Crippen LogP contribution in [0.4, 0.5) is 0 Å². The fourth-order valence-corrected chi connectivity index (χ4v) is 5.46. The zero-order chi connectivity index (χ0) is 18.1. The van der Waals surface area contributed by atoms with Crippen LogP contribution in [0.5, 0.6) is 0 Å². The van der Waals surface area contributed by atoms with Gasteiger partial charge in [0.2, 0.25) is 10.0 Å². The summed E-state index contributed by atoms with van der Waals surface area (Å²) in [6.45, 7) is 1.44. The van der Waals surface area contributed by atoms with Gasteiger partial charge in [0.05, 0.1) is 6.04 Å². The Kier molecular flexibility index (Phi) is 4.49. The molecule has 2 aromatic rings. The highest BCUT2D eigenvalue weighted by molar-refractivity contribution is 7.89. The van der Waals surface area contributed by atoms with E-state index in [4.69, 9.17) is 0 Å². The van der Waals surface area contributed by atoms with Crippen LogP contribution in [-0.4, -0.2) is 69.7 Å². The third-order valence-electron chi connectivity index (χ3n) is 5.11. The molecule has 0 spiro atoms. The van der Waals surface area contributed by atoms with E-state index in [0.717, 1.165) is 12.8 Å². The minimum absolute atomic E-state index is 0.0168. The van der Waals surface area contributed by atoms with Crippen molar-refractivity contribution in [2.75, 3.05) is 26.2 Å². The van der Waals surface area contributed by atoms with E-state index in [1.54, 1.807) is 44.5 Å². The molecule has 2 saturated heterocycles. The van der Waals surface area contributed by atoms with Crippen LogP contribution in [0, 0.1) is 0 Å². The summed E-state index contributed by atoms with van der Waals surface area (Å²) in [7, 11) is -3.42. The first-order valence-electron chi connectivity index (χ1n) is 8.73. The molecule has 0 N–H and O–H groups in total. The van der Waals surface area contributed by atoms with E-state index in [-0.39, 0.29) is 25.0 Å². The molecule has 26 heavy (non-hydrogen) atoms. The Balaban J connectivity index is 1.40. The number of hydrogen-bond acceptors (Lipinski definition) is 5. The lowest BCUT2D eigenvalue weighted by atomic mass is 10.1. The lowest BCUT2D eigenvalue weighted by Gasteiger charge is -2.42. The highest BCUT2D eigenvalue weighted by Gasteiger charge is 2.44. The van der Waals surface area contributed by atoms with E-state index >= 15 is 0 Å². The molecule has 1 unspecified atom stereocenters. The van der Waals surface area contributed by atoms with Crippen molar-refractivity contribution in [3.05, 3.63) is 48.5 Å². The van der Waals surface area contributed by atoms with Crippen LogP contribution in [0.25, 0.3) is 0 Å². The van der Waals surface area contributed by atoms with Crippen molar-refractivity contribution in [1.29, 1.82) is 0 Å². The van der Waals surface area contributed by atoms with E-state index in [2.05, 4.69) is 10.1 Å². The van der Waals surface area contributed by atoms with Gasteiger partial charge in [0.25, 0.3) is 5.91 Å². The molecule has 8 nitrogen and oxygen atoms in total. The normalized spacial score (nSPS) is 22.2. The molecule has 1 atom stereocenters. The summed E-state index contributed by atoms with van der Waals surface area (Å²) < 4.78 is 29.1. The van der Waals surface area contributed by atoms with Gasteiger partial charge in [0.15, 0.2) is 0 Å². The molecular formula is C17H21N5O3S. The maximum Gasteiger partial charge on any atom is 0.253 e. The standard InChI is InChI=1S/C17H21N5O3S/c23-17(14-5-2-1-3-6-14)20-10-16(11-20)26(24,25)21-8-4-7-15(9-21)22-13-18-12-19-22/h1-3,5-6,12-13,15-16H,4,7-11H2. The van der Waals surface area contributed by atoms with Crippen molar-refractivity contribution in [3.8, 4) is 0 Å². The minimum atomic E-state index is -3.42. The van der Waals surface area contributed by atoms with Gasteiger partial charge in [-0.2, -0.15) is 9.40 Å². The van der Waals surface area contributed by atoms with Crippen molar-refractivity contribution in [2.45, 2.75) is 24.1 Å². The third kappa shape index (κ3) is 3.12. The first kappa shape index (κ1) is 17.2. The van der Waals surface area contributed by atoms with Gasteiger partial charge in [-0.25, -0.2) is 18.1 Å². The van der Waals surface area contributed by atoms with E-state index < -0.39 is 15.3 Å². The molecular weight excluding hydrogens is 354 g/mol. The number of piperidine rings is 1. The lowest BCUT2D eigenvalue weighted by Crippen LogP contribution is -2.60. The molecule has 2 aliphatic rings. The largest absolute Gasteiger partial charge is 0.336 e. The summed E-state index contributed by atoms with van der Waals surface area (Å²) in [5, 5.41) is 3.61. The summed E-state index contributed by atoms with van der Waals surface area (Å²) in [5.74, 6) is -0.115. The predicted molar refractivity (Wildman–Crippen MR) is 94.9 cm³/mol. The molecule has 4 rings (SSSR count). The van der Waals surface area contributed by atoms with Crippen molar-refractivity contribution in [3.63, 3.8) is 0 Å². The molecule has 0 saturated carbocycles. The van der Waals surface area contributed by atoms with Gasteiger partial charge in [-0.3, -0.25) is 4.79 Å². The summed E-state index contributed by atoms with van der Waals surface area (Å²) in [5.41, 5.74) is 0.590. The zero-order valence-corrected chi connectivity index (χ0v) is 15.1. The van der Waals surface area contributed by atoms with Crippen LogP contribution < -0.4 is 0 Å². The predicted octanol–water partition coefficient (Wildman–Crippen LogP) is 0.769. The van der Waals surface area contributed by atoms with Crippen LogP contribution >= 0.6 is 0 Å². The number of amides is 1. The quantitative estimate of drug-likeness (QED) is 0.788. The Morgan fingerprint density at radius 2 is 1.88 bits per heavy atom. The van der Waals surface area contributed by atoms with E-state index in [1.165, 1.54) is 6.33 Å². The summed E-state index contributed by atoms with van der Waals surface area (Å²) in [4.78, 5) is 17.9. The Labute approximate surface area is 152 Å². The smallest absolute Gasteiger partial charge is 0.253 e. The monoisotopic (exact) mass is 375 g/mol. The maximum atomic E-state index is 12.9. The second-order valence-electron chi connectivity index (χ2n) is 6.77. The Morgan fingerprint density at radius 3 is 2.58 bits per heavy atom. The molecule has 1 aromatic heterocycles. The topological polar surface area (TPSA) is 88.4 Å². The highest BCUT2D eigenvalue weighted by Crippen LogP contribution is 2.28. The number of benzene rings is 1. The van der Waals surface area contributed by atoms with Crippen molar-refractivity contribution >= 4 is 15.9 Å². The Morgan fingerprint density at radius 1 is 1.12 bits per heavy atom. The molecule has 2 fully saturated rings. The molecule has 0 bridgehead atoms. The van der Waals surface area contributed by atoms with Gasteiger partial charge in [0.1, 0.15) is 17.9 Å². The van der Waals surface area contributed by atoms with Gasteiger partial charge in [-0.1, -0.05) is 18.2 Å². The molecule has 3 heterocycles. The molecule has 2 aliphatic heterocycles. The number of aromatic nitrogens is 3.